The number of carbonyl (C=O) groups excluding carboxylic acids is 2. The van der Waals surface area contributed by atoms with E-state index in [4.69, 9.17) is 14.0 Å². The third kappa shape index (κ3) is 4.68. The zero-order valence-electron chi connectivity index (χ0n) is 20.8. The SMILES string of the molecule is Cc1cn([C@H]2CC(ON3C(=O)c4ccccc4C3=O)[C@@H](CO[Si](C)(C)C(C)(C)C)O2)c(=O)[nH]c1=O. The number of amides is 2. The average molecular weight is 502 g/mol. The molecule has 0 radical (unpaired) electrons. The van der Waals surface area contributed by atoms with Gasteiger partial charge >= 0.3 is 5.69 Å². The molecule has 2 aliphatic rings. The van der Waals surface area contributed by atoms with Gasteiger partial charge in [0.25, 0.3) is 17.4 Å². The molecule has 1 N–H and O–H groups in total. The van der Waals surface area contributed by atoms with Crippen LogP contribution < -0.4 is 11.2 Å². The lowest BCUT2D eigenvalue weighted by molar-refractivity contribution is -0.154. The minimum absolute atomic E-state index is 0.0448. The summed E-state index contributed by atoms with van der Waals surface area (Å²) in [6, 6.07) is 6.52. The normalized spacial score (nSPS) is 22.7. The van der Waals surface area contributed by atoms with E-state index in [2.05, 4.69) is 38.8 Å². The Bertz CT molecular complexity index is 1240. The second-order valence-corrected chi connectivity index (χ2v) is 15.3. The molecule has 0 saturated carbocycles. The van der Waals surface area contributed by atoms with Crippen molar-refractivity contribution in [2.75, 3.05) is 6.61 Å². The summed E-state index contributed by atoms with van der Waals surface area (Å²) in [5, 5.41) is 0.720. The lowest BCUT2D eigenvalue weighted by Crippen LogP contribution is -2.45. The second kappa shape index (κ2) is 8.97. The van der Waals surface area contributed by atoms with Gasteiger partial charge in [0.1, 0.15) is 18.4 Å². The number of benzene rings is 1. The number of aryl methyl sites for hydroxylation is 1. The van der Waals surface area contributed by atoms with Gasteiger partial charge in [-0.1, -0.05) is 32.9 Å². The number of nitrogens with one attached hydrogen (secondary N) is 1. The molecule has 3 atom stereocenters. The van der Waals surface area contributed by atoms with E-state index < -0.39 is 49.8 Å². The molecule has 2 amide bonds. The quantitative estimate of drug-likeness (QED) is 0.477. The molecule has 0 aliphatic carbocycles. The first-order chi connectivity index (χ1) is 16.3. The van der Waals surface area contributed by atoms with Crippen LogP contribution in [-0.2, 0) is 14.0 Å². The Hall–Kier alpha value is -2.86. The number of hydrogen-bond donors (Lipinski definition) is 1. The zero-order valence-corrected chi connectivity index (χ0v) is 21.8. The van der Waals surface area contributed by atoms with Gasteiger partial charge in [-0.15, -0.1) is 5.06 Å². The lowest BCUT2D eigenvalue weighted by Gasteiger charge is -2.37. The van der Waals surface area contributed by atoms with Crippen molar-refractivity contribution in [3.05, 3.63) is 68.0 Å². The molecule has 1 saturated heterocycles. The maximum Gasteiger partial charge on any atom is 0.330 e. The third-order valence-electron chi connectivity index (χ3n) is 7.05. The maximum absolute atomic E-state index is 12.9. The highest BCUT2D eigenvalue weighted by Crippen LogP contribution is 2.38. The van der Waals surface area contributed by atoms with Crippen LogP contribution in [0, 0.1) is 6.92 Å². The molecule has 3 heterocycles. The Morgan fingerprint density at radius 3 is 2.26 bits per heavy atom. The summed E-state index contributed by atoms with van der Waals surface area (Å²) in [4.78, 5) is 58.2. The number of imide groups is 1. The number of aromatic amines is 1. The van der Waals surface area contributed by atoms with Crippen LogP contribution in [0.15, 0.2) is 40.1 Å². The monoisotopic (exact) mass is 501 g/mol. The van der Waals surface area contributed by atoms with Crippen LogP contribution in [0.25, 0.3) is 0 Å². The molecule has 2 aliphatic heterocycles. The van der Waals surface area contributed by atoms with E-state index in [1.54, 1.807) is 31.2 Å². The summed E-state index contributed by atoms with van der Waals surface area (Å²) < 4.78 is 13.8. The lowest BCUT2D eigenvalue weighted by atomic mass is 10.1. The van der Waals surface area contributed by atoms with Crippen LogP contribution in [-0.4, -0.2) is 53.6 Å². The van der Waals surface area contributed by atoms with Gasteiger partial charge in [0.2, 0.25) is 0 Å². The number of carbonyl (C=O) groups is 2. The van der Waals surface area contributed by atoms with E-state index in [0.29, 0.717) is 5.56 Å². The zero-order chi connectivity index (χ0) is 25.7. The Morgan fingerprint density at radius 2 is 1.69 bits per heavy atom. The minimum atomic E-state index is -2.15. The number of hydrogen-bond acceptors (Lipinski definition) is 7. The van der Waals surface area contributed by atoms with E-state index in [-0.39, 0.29) is 29.2 Å². The van der Waals surface area contributed by atoms with Crippen molar-refractivity contribution < 1.29 is 23.6 Å². The fourth-order valence-electron chi connectivity index (χ4n) is 3.84. The van der Waals surface area contributed by atoms with Crippen LogP contribution in [0.3, 0.4) is 0 Å². The molecule has 35 heavy (non-hydrogen) atoms. The van der Waals surface area contributed by atoms with Crippen LogP contribution in [0.5, 0.6) is 0 Å². The minimum Gasteiger partial charge on any atom is -0.414 e. The Kier molecular flexibility index (Phi) is 6.47. The molecule has 2 aromatic rings. The molecule has 11 heteroatoms. The predicted octanol–water partition coefficient (Wildman–Crippen LogP) is 2.75. The Labute approximate surface area is 203 Å². The molecule has 0 bridgehead atoms. The number of fused-ring (bicyclic) bond motifs is 1. The number of ether oxygens (including phenoxy) is 1. The summed E-state index contributed by atoms with van der Waals surface area (Å²) in [6.45, 7) is 12.3. The number of nitrogens with zero attached hydrogens (tertiary/aromatic N) is 2. The van der Waals surface area contributed by atoms with E-state index >= 15 is 0 Å². The highest BCUT2D eigenvalue weighted by molar-refractivity contribution is 6.74. The van der Waals surface area contributed by atoms with Crippen molar-refractivity contribution in [1.29, 1.82) is 0 Å². The fourth-order valence-corrected chi connectivity index (χ4v) is 4.85. The van der Waals surface area contributed by atoms with Crippen molar-refractivity contribution >= 4 is 20.1 Å². The standard InChI is InChI=1S/C24H31N3O7Si/c1-14-12-26(23(31)25-20(14)28)19-11-17(18(33-19)13-32-35(5,6)24(2,3)4)34-27-21(29)15-9-7-8-10-16(15)22(27)30/h7-10,12,17-19H,11,13H2,1-6H3,(H,25,28,31)/t17?,18-,19-/m1/s1. The van der Waals surface area contributed by atoms with Gasteiger partial charge in [0.15, 0.2) is 8.32 Å². The number of aromatic nitrogens is 2. The van der Waals surface area contributed by atoms with E-state index in [1.807, 2.05) is 0 Å². The van der Waals surface area contributed by atoms with Crippen LogP contribution in [0.1, 0.15) is 59.7 Å². The fraction of sp³-hybridized carbons (Fsp3) is 0.500. The van der Waals surface area contributed by atoms with Gasteiger partial charge in [0.05, 0.1) is 17.7 Å². The van der Waals surface area contributed by atoms with E-state index in [9.17, 15) is 19.2 Å². The molecular formula is C24H31N3O7Si. The van der Waals surface area contributed by atoms with Gasteiger partial charge in [0, 0.05) is 18.2 Å². The molecule has 0 spiro atoms. The predicted molar refractivity (Wildman–Crippen MR) is 130 cm³/mol. The van der Waals surface area contributed by atoms with Crippen molar-refractivity contribution in [2.45, 2.75) is 70.7 Å². The molecule has 4 rings (SSSR count). The first-order valence-corrected chi connectivity index (χ1v) is 14.5. The smallest absolute Gasteiger partial charge is 0.330 e. The van der Waals surface area contributed by atoms with E-state index in [1.165, 1.54) is 10.8 Å². The summed E-state index contributed by atoms with van der Waals surface area (Å²) >= 11 is 0. The van der Waals surface area contributed by atoms with Gasteiger partial charge < -0.3 is 9.16 Å². The summed E-state index contributed by atoms with van der Waals surface area (Å²) in [5.41, 5.74) is -0.187. The highest BCUT2D eigenvalue weighted by Gasteiger charge is 2.46. The summed E-state index contributed by atoms with van der Waals surface area (Å²) in [7, 11) is -2.15. The van der Waals surface area contributed by atoms with Crippen molar-refractivity contribution in [3.8, 4) is 0 Å². The van der Waals surface area contributed by atoms with Gasteiger partial charge in [-0.05, 0) is 37.2 Å². The van der Waals surface area contributed by atoms with Crippen LogP contribution >= 0.6 is 0 Å². The van der Waals surface area contributed by atoms with Gasteiger partial charge in [-0.2, -0.15) is 0 Å². The van der Waals surface area contributed by atoms with Crippen molar-refractivity contribution in [1.82, 2.24) is 14.6 Å². The largest absolute Gasteiger partial charge is 0.414 e. The molecule has 188 valence electrons. The Morgan fingerprint density at radius 1 is 1.09 bits per heavy atom. The molecule has 10 nitrogen and oxygen atoms in total. The van der Waals surface area contributed by atoms with Gasteiger partial charge in [-0.3, -0.25) is 28.8 Å². The molecule has 1 aromatic carbocycles. The van der Waals surface area contributed by atoms with Gasteiger partial charge in [-0.25, -0.2) is 4.79 Å². The van der Waals surface area contributed by atoms with Crippen molar-refractivity contribution in [2.24, 2.45) is 0 Å². The Balaban J connectivity index is 1.60. The topological polar surface area (TPSA) is 120 Å². The number of hydroxylamine groups is 2. The van der Waals surface area contributed by atoms with Crippen LogP contribution in [0.2, 0.25) is 18.1 Å². The van der Waals surface area contributed by atoms with E-state index in [0.717, 1.165) is 5.06 Å². The molecule has 1 aromatic heterocycles. The summed E-state index contributed by atoms with van der Waals surface area (Å²) in [5.74, 6) is -1.09. The number of H-pyrrole nitrogens is 1. The first-order valence-electron chi connectivity index (χ1n) is 11.6. The molecular weight excluding hydrogens is 470 g/mol. The summed E-state index contributed by atoms with van der Waals surface area (Å²) in [6.07, 6.45) is -0.568. The van der Waals surface area contributed by atoms with Crippen LogP contribution in [0.4, 0.5) is 0 Å². The third-order valence-corrected chi connectivity index (χ3v) is 11.5. The second-order valence-electron chi connectivity index (χ2n) is 10.5. The average Bonchev–Trinajstić information content (AvgIpc) is 3.29. The highest BCUT2D eigenvalue weighted by atomic mass is 28.4. The van der Waals surface area contributed by atoms with Crippen molar-refractivity contribution in [3.63, 3.8) is 0 Å². The molecule has 1 unspecified atom stereocenters. The first kappa shape index (κ1) is 25.2. The maximum atomic E-state index is 12.9. The molecule has 1 fully saturated rings. The number of rotatable bonds is 6.